The molecule has 0 aliphatic heterocycles. The van der Waals surface area contributed by atoms with Gasteiger partial charge in [-0.05, 0) is 0 Å². The maximum atomic E-state index is 13.7. The molecule has 1 rings (SSSR count). The summed E-state index contributed by atoms with van der Waals surface area (Å²) in [6.07, 6.45) is 0. The van der Waals surface area contributed by atoms with Crippen LogP contribution in [0.2, 0.25) is 0 Å². The molecule has 0 spiro atoms. The molecule has 0 aromatic rings. The van der Waals surface area contributed by atoms with Crippen LogP contribution in [0.3, 0.4) is 0 Å². The highest BCUT2D eigenvalue weighted by Crippen LogP contribution is 2.74. The monoisotopic (exact) mass is 412 g/mol. The molecule has 18 heavy (non-hydrogen) atoms. The van der Waals surface area contributed by atoms with Crippen LogP contribution in [-0.2, 0) is 0 Å². The van der Waals surface area contributed by atoms with Crippen molar-refractivity contribution in [1.82, 2.24) is 0 Å². The molecule has 1 unspecified atom stereocenters. The van der Waals surface area contributed by atoms with Gasteiger partial charge in [0, 0.05) is 0 Å². The number of hydrogen-bond donors (Lipinski definition) is 0. The fourth-order valence-electron chi connectivity index (χ4n) is 1.18. The second kappa shape index (κ2) is 4.11. The second-order valence-corrected chi connectivity index (χ2v) is 7.95. The first kappa shape index (κ1) is 17.7. The molecule has 108 valence electrons. The average molecular weight is 415 g/mol. The standard InChI is InChI=1S/C6Cl7F5/c7-1(8)2(9,10)4(13,14)6(17,18)5(15,16)3(1,11)12. The summed E-state index contributed by atoms with van der Waals surface area (Å²) in [4.78, 5) is 0. The van der Waals surface area contributed by atoms with Crippen molar-refractivity contribution in [1.29, 1.82) is 0 Å². The van der Waals surface area contributed by atoms with Crippen molar-refractivity contribution in [2.75, 3.05) is 0 Å². The van der Waals surface area contributed by atoms with Crippen LogP contribution in [0.1, 0.15) is 0 Å². The summed E-state index contributed by atoms with van der Waals surface area (Å²) in [6, 6.07) is 0. The van der Waals surface area contributed by atoms with Crippen LogP contribution in [0.25, 0.3) is 0 Å². The lowest BCUT2D eigenvalue weighted by molar-refractivity contribution is -0.277. The molecule has 1 fully saturated rings. The van der Waals surface area contributed by atoms with Gasteiger partial charge in [-0.2, -0.15) is 17.6 Å². The molecule has 0 amide bonds. The van der Waals surface area contributed by atoms with Crippen molar-refractivity contribution >= 4 is 81.2 Å². The highest BCUT2D eigenvalue weighted by atomic mass is 35.5. The van der Waals surface area contributed by atoms with Crippen LogP contribution in [0.5, 0.6) is 0 Å². The fourth-order valence-corrected chi connectivity index (χ4v) is 3.27. The second-order valence-electron chi connectivity index (χ2n) is 3.45. The molecule has 0 nitrogen and oxygen atoms in total. The van der Waals surface area contributed by atoms with E-state index in [9.17, 15) is 22.0 Å². The third-order valence-electron chi connectivity index (χ3n) is 2.37. The van der Waals surface area contributed by atoms with Crippen LogP contribution in [0.4, 0.5) is 22.0 Å². The van der Waals surface area contributed by atoms with Crippen molar-refractivity contribution < 1.29 is 22.0 Å². The highest BCUT2D eigenvalue weighted by Gasteiger charge is 2.94. The lowest BCUT2D eigenvalue weighted by atomic mass is 9.87. The number of rotatable bonds is 0. The molecule has 0 N–H and O–H groups in total. The van der Waals surface area contributed by atoms with Crippen LogP contribution in [0.15, 0.2) is 0 Å². The van der Waals surface area contributed by atoms with Crippen LogP contribution < -0.4 is 0 Å². The van der Waals surface area contributed by atoms with E-state index in [4.69, 9.17) is 81.2 Å². The van der Waals surface area contributed by atoms with Crippen LogP contribution >= 0.6 is 81.2 Å². The normalized spacial score (nSPS) is 39.3. The predicted octanol–water partition coefficient (Wildman–Crippen LogP) is 5.70. The highest BCUT2D eigenvalue weighted by molar-refractivity contribution is 6.72. The van der Waals surface area contributed by atoms with Crippen molar-refractivity contribution in [2.45, 2.75) is 30.0 Å². The molecule has 1 atom stereocenters. The Morgan fingerprint density at radius 2 is 0.778 bits per heavy atom. The predicted molar refractivity (Wildman–Crippen MR) is 62.9 cm³/mol. The summed E-state index contributed by atoms with van der Waals surface area (Å²) in [5.74, 6) is -11.1. The summed E-state index contributed by atoms with van der Waals surface area (Å²) < 4.78 is 56.5. The van der Waals surface area contributed by atoms with Gasteiger partial charge >= 0.3 is 11.8 Å². The van der Waals surface area contributed by atoms with E-state index < -0.39 is 30.0 Å². The SMILES string of the molecule is FC1(F)C(F)(F)C(Cl)(Cl)C(Cl)(Cl)C(Cl)(Cl)C1(F)Cl. The maximum absolute atomic E-state index is 13.7. The third-order valence-corrected chi connectivity index (χ3v) is 7.12. The number of alkyl halides is 12. The van der Waals surface area contributed by atoms with E-state index >= 15 is 0 Å². The molecule has 1 aliphatic rings. The molecule has 1 saturated carbocycles. The molecule has 12 heteroatoms. The Morgan fingerprint density at radius 1 is 0.444 bits per heavy atom. The lowest BCUT2D eigenvalue weighted by Crippen LogP contribution is -2.80. The minimum absolute atomic E-state index is 3.44. The molecule has 0 heterocycles. The largest absolute Gasteiger partial charge is 0.363 e. The maximum Gasteiger partial charge on any atom is 0.363 e. The average Bonchev–Trinajstić information content (AvgIpc) is 2.14. The quantitative estimate of drug-likeness (QED) is 0.352. The van der Waals surface area contributed by atoms with E-state index in [1.807, 2.05) is 0 Å². The van der Waals surface area contributed by atoms with Gasteiger partial charge in [0.25, 0.3) is 5.13 Å². The van der Waals surface area contributed by atoms with Gasteiger partial charge in [0.1, 0.15) is 0 Å². The van der Waals surface area contributed by atoms with Crippen molar-refractivity contribution in [3.63, 3.8) is 0 Å². The minimum Gasteiger partial charge on any atom is -0.216 e. The molecule has 1 aliphatic carbocycles. The Morgan fingerprint density at radius 3 is 1.11 bits per heavy atom. The van der Waals surface area contributed by atoms with Gasteiger partial charge in [-0.3, -0.25) is 0 Å². The molecular weight excluding hydrogens is 415 g/mol. The van der Waals surface area contributed by atoms with E-state index in [0.717, 1.165) is 0 Å². The minimum atomic E-state index is -5.64. The van der Waals surface area contributed by atoms with E-state index in [2.05, 4.69) is 0 Å². The van der Waals surface area contributed by atoms with Gasteiger partial charge in [-0.15, -0.1) is 0 Å². The molecule has 0 aromatic carbocycles. The molecule has 0 saturated heterocycles. The first-order valence-corrected chi connectivity index (χ1v) is 6.41. The van der Waals surface area contributed by atoms with Gasteiger partial charge in [0.05, 0.1) is 0 Å². The van der Waals surface area contributed by atoms with E-state index in [1.165, 1.54) is 0 Å². The molecular formula is C6Cl7F5. The first-order chi connectivity index (χ1) is 7.50. The Bertz CT molecular complexity index is 259. The van der Waals surface area contributed by atoms with Gasteiger partial charge < -0.3 is 0 Å². The number of hydrogen-bond acceptors (Lipinski definition) is 0. The van der Waals surface area contributed by atoms with Gasteiger partial charge in [-0.25, -0.2) is 4.39 Å². The Kier molecular flexibility index (Phi) is 4.05. The van der Waals surface area contributed by atoms with Gasteiger partial charge in [0.2, 0.25) is 8.67 Å². The summed E-state index contributed by atoms with van der Waals surface area (Å²) >= 11 is 35.6. The first-order valence-electron chi connectivity index (χ1n) is 3.77. The summed E-state index contributed by atoms with van der Waals surface area (Å²) in [6.45, 7) is 0. The van der Waals surface area contributed by atoms with Gasteiger partial charge in [0.15, 0.2) is 4.33 Å². The van der Waals surface area contributed by atoms with E-state index in [0.29, 0.717) is 0 Å². The Balaban J connectivity index is 3.72. The zero-order valence-corrected chi connectivity index (χ0v) is 12.8. The zero-order valence-electron chi connectivity index (χ0n) is 7.54. The topological polar surface area (TPSA) is 0 Å². The number of halogens is 12. The van der Waals surface area contributed by atoms with Gasteiger partial charge in [-0.1, -0.05) is 81.2 Å². The molecule has 0 bridgehead atoms. The summed E-state index contributed by atoms with van der Waals surface area (Å²) in [5.41, 5.74) is 0. The van der Waals surface area contributed by atoms with Crippen LogP contribution in [0, 0.1) is 0 Å². The van der Waals surface area contributed by atoms with Crippen molar-refractivity contribution in [2.24, 2.45) is 0 Å². The van der Waals surface area contributed by atoms with Crippen molar-refractivity contribution in [3.05, 3.63) is 0 Å². The van der Waals surface area contributed by atoms with Crippen LogP contribution in [-0.4, -0.2) is 30.0 Å². The third kappa shape index (κ3) is 1.59. The smallest absolute Gasteiger partial charge is 0.216 e. The Labute approximate surface area is 133 Å². The van der Waals surface area contributed by atoms with Crippen molar-refractivity contribution in [3.8, 4) is 0 Å². The van der Waals surface area contributed by atoms with E-state index in [1.54, 1.807) is 0 Å². The summed E-state index contributed by atoms with van der Waals surface area (Å²) in [5, 5.41) is -4.72. The molecule has 0 aromatic heterocycles. The Hall–Kier alpha value is 1.68. The fraction of sp³-hybridized carbons (Fsp3) is 1.00. The summed E-state index contributed by atoms with van der Waals surface area (Å²) in [7, 11) is 0. The molecule has 0 radical (unpaired) electrons. The lowest BCUT2D eigenvalue weighted by Gasteiger charge is -2.56. The van der Waals surface area contributed by atoms with E-state index in [-0.39, 0.29) is 0 Å². The zero-order chi connectivity index (χ0) is 15.0.